The van der Waals surface area contributed by atoms with Crippen LogP contribution < -0.4 is 20.7 Å². The van der Waals surface area contributed by atoms with Crippen LogP contribution in [0.4, 0.5) is 11.4 Å². The van der Waals surface area contributed by atoms with Crippen molar-refractivity contribution < 1.29 is 4.74 Å². The molecule has 4 nitrogen and oxygen atoms in total. The van der Waals surface area contributed by atoms with Crippen LogP contribution in [0.25, 0.3) is 0 Å². The predicted octanol–water partition coefficient (Wildman–Crippen LogP) is 2.10. The number of nitrogens with zero attached hydrogens (tertiary/aromatic N) is 1. The monoisotopic (exact) mass is 251 g/mol. The molecule has 0 amide bonds. The Hall–Kier alpha value is -1.42. The average molecular weight is 251 g/mol. The highest BCUT2D eigenvalue weighted by Gasteiger charge is 2.06. The average Bonchev–Trinajstić information content (AvgIpc) is 2.27. The summed E-state index contributed by atoms with van der Waals surface area (Å²) in [6.45, 7) is 6.03. The van der Waals surface area contributed by atoms with E-state index in [-0.39, 0.29) is 6.10 Å². The first-order valence-electron chi connectivity index (χ1n) is 6.46. The quantitative estimate of drug-likeness (QED) is 0.575. The molecule has 0 saturated carbocycles. The Morgan fingerprint density at radius 1 is 1.33 bits per heavy atom. The number of ether oxygens (including phenoxy) is 1. The summed E-state index contributed by atoms with van der Waals surface area (Å²) < 4.78 is 5.69. The van der Waals surface area contributed by atoms with Gasteiger partial charge in [0, 0.05) is 37.1 Å². The highest BCUT2D eigenvalue weighted by molar-refractivity contribution is 5.60. The van der Waals surface area contributed by atoms with Gasteiger partial charge in [-0.15, -0.1) is 0 Å². The lowest BCUT2D eigenvalue weighted by Gasteiger charge is -2.21. The maximum atomic E-state index is 5.91. The van der Waals surface area contributed by atoms with Gasteiger partial charge in [-0.25, -0.2) is 0 Å². The first kappa shape index (κ1) is 14.6. The second-order valence-corrected chi connectivity index (χ2v) is 4.81. The van der Waals surface area contributed by atoms with Crippen LogP contribution in [0, 0.1) is 0 Å². The van der Waals surface area contributed by atoms with E-state index in [0.717, 1.165) is 36.6 Å². The van der Waals surface area contributed by atoms with Crippen molar-refractivity contribution in [2.45, 2.75) is 26.4 Å². The summed E-state index contributed by atoms with van der Waals surface area (Å²) in [5.74, 6) is 0.834. The zero-order valence-electron chi connectivity index (χ0n) is 11.9. The molecular formula is C14H25N3O. The van der Waals surface area contributed by atoms with Crippen LogP contribution in [0.5, 0.6) is 5.75 Å². The third kappa shape index (κ3) is 4.84. The van der Waals surface area contributed by atoms with Gasteiger partial charge in [0.05, 0.1) is 6.10 Å². The first-order valence-corrected chi connectivity index (χ1v) is 6.46. The van der Waals surface area contributed by atoms with Crippen LogP contribution in [0.1, 0.15) is 20.3 Å². The van der Waals surface area contributed by atoms with Crippen LogP contribution in [0.2, 0.25) is 0 Å². The maximum absolute atomic E-state index is 5.91. The molecule has 0 spiro atoms. The molecule has 0 aliphatic heterocycles. The van der Waals surface area contributed by atoms with Crippen molar-refractivity contribution in [3.8, 4) is 5.75 Å². The minimum atomic E-state index is 0.161. The molecule has 1 aromatic rings. The van der Waals surface area contributed by atoms with E-state index in [4.69, 9.17) is 10.5 Å². The van der Waals surface area contributed by atoms with Gasteiger partial charge in [0.15, 0.2) is 0 Å². The zero-order valence-corrected chi connectivity index (χ0v) is 11.9. The second kappa shape index (κ2) is 7.11. The Morgan fingerprint density at radius 2 is 2.06 bits per heavy atom. The van der Waals surface area contributed by atoms with E-state index >= 15 is 0 Å². The van der Waals surface area contributed by atoms with Crippen molar-refractivity contribution >= 4 is 11.4 Å². The van der Waals surface area contributed by atoms with Crippen molar-refractivity contribution in [2.75, 3.05) is 37.8 Å². The Kier molecular flexibility index (Phi) is 5.78. The molecule has 3 N–H and O–H groups in total. The van der Waals surface area contributed by atoms with Gasteiger partial charge in [0.1, 0.15) is 5.75 Å². The minimum absolute atomic E-state index is 0.161. The topological polar surface area (TPSA) is 50.5 Å². The van der Waals surface area contributed by atoms with Crippen LogP contribution >= 0.6 is 0 Å². The van der Waals surface area contributed by atoms with E-state index in [1.807, 2.05) is 39.1 Å². The maximum Gasteiger partial charge on any atom is 0.123 e. The van der Waals surface area contributed by atoms with E-state index in [1.54, 1.807) is 0 Å². The Morgan fingerprint density at radius 3 is 2.67 bits per heavy atom. The molecule has 4 heteroatoms. The van der Waals surface area contributed by atoms with Crippen molar-refractivity contribution in [3.05, 3.63) is 18.2 Å². The molecule has 0 saturated heterocycles. The molecule has 18 heavy (non-hydrogen) atoms. The van der Waals surface area contributed by atoms with Crippen molar-refractivity contribution in [1.82, 2.24) is 5.32 Å². The standard InChI is InChI=1S/C14H25N3O/c1-11(2)18-14-9-12(15)8-13(10-14)17(4)7-5-6-16-3/h8-11,16H,5-7,15H2,1-4H3. The molecule has 0 atom stereocenters. The summed E-state index contributed by atoms with van der Waals surface area (Å²) in [7, 11) is 4.04. The molecule has 1 rings (SSSR count). The summed E-state index contributed by atoms with van der Waals surface area (Å²) in [5, 5.41) is 3.15. The number of benzene rings is 1. The minimum Gasteiger partial charge on any atom is -0.491 e. The van der Waals surface area contributed by atoms with E-state index in [9.17, 15) is 0 Å². The molecule has 102 valence electrons. The SMILES string of the molecule is CNCCCN(C)c1cc(N)cc(OC(C)C)c1. The number of nitrogens with one attached hydrogen (secondary N) is 1. The molecule has 0 aromatic heterocycles. The van der Waals surface area contributed by atoms with Gasteiger partial charge in [-0.2, -0.15) is 0 Å². The van der Waals surface area contributed by atoms with Crippen LogP contribution in [-0.4, -0.2) is 33.3 Å². The molecule has 0 fully saturated rings. The fourth-order valence-corrected chi connectivity index (χ4v) is 1.79. The van der Waals surface area contributed by atoms with Gasteiger partial charge in [0.25, 0.3) is 0 Å². The van der Waals surface area contributed by atoms with Gasteiger partial charge < -0.3 is 20.7 Å². The van der Waals surface area contributed by atoms with Crippen LogP contribution in [-0.2, 0) is 0 Å². The lowest BCUT2D eigenvalue weighted by Crippen LogP contribution is -2.22. The summed E-state index contributed by atoms with van der Waals surface area (Å²) >= 11 is 0. The number of hydrogen-bond acceptors (Lipinski definition) is 4. The first-order chi connectivity index (χ1) is 8.52. The Bertz CT molecular complexity index is 366. The highest BCUT2D eigenvalue weighted by Crippen LogP contribution is 2.25. The van der Waals surface area contributed by atoms with Gasteiger partial charge in [-0.1, -0.05) is 0 Å². The summed E-state index contributed by atoms with van der Waals surface area (Å²) in [4.78, 5) is 2.20. The van der Waals surface area contributed by atoms with Crippen LogP contribution in [0.3, 0.4) is 0 Å². The molecule has 0 heterocycles. The van der Waals surface area contributed by atoms with Gasteiger partial charge in [0.2, 0.25) is 0 Å². The second-order valence-electron chi connectivity index (χ2n) is 4.81. The molecule has 0 aliphatic carbocycles. The summed E-state index contributed by atoms with van der Waals surface area (Å²) in [5.41, 5.74) is 7.75. The normalized spacial score (nSPS) is 10.7. The zero-order chi connectivity index (χ0) is 13.5. The van der Waals surface area contributed by atoms with E-state index < -0.39 is 0 Å². The van der Waals surface area contributed by atoms with Crippen LogP contribution in [0.15, 0.2) is 18.2 Å². The summed E-state index contributed by atoms with van der Waals surface area (Å²) in [6, 6.07) is 5.88. The molecule has 0 bridgehead atoms. The van der Waals surface area contributed by atoms with Crippen molar-refractivity contribution in [2.24, 2.45) is 0 Å². The molecule has 0 aliphatic rings. The smallest absolute Gasteiger partial charge is 0.123 e. The number of nitrogen functional groups attached to an aromatic ring is 1. The fourth-order valence-electron chi connectivity index (χ4n) is 1.79. The number of anilines is 2. The van der Waals surface area contributed by atoms with E-state index in [1.165, 1.54) is 0 Å². The number of nitrogens with two attached hydrogens (primary N) is 1. The predicted molar refractivity (Wildman–Crippen MR) is 78.4 cm³/mol. The van der Waals surface area contributed by atoms with Gasteiger partial charge in [-0.05, 0) is 39.9 Å². The Balaban J connectivity index is 2.71. The molecule has 1 aromatic carbocycles. The summed E-state index contributed by atoms with van der Waals surface area (Å²) in [6.07, 6.45) is 1.26. The highest BCUT2D eigenvalue weighted by atomic mass is 16.5. The lowest BCUT2D eigenvalue weighted by molar-refractivity contribution is 0.242. The third-order valence-corrected chi connectivity index (χ3v) is 2.65. The molecule has 0 unspecified atom stereocenters. The van der Waals surface area contributed by atoms with Crippen molar-refractivity contribution in [1.29, 1.82) is 0 Å². The number of hydrogen-bond donors (Lipinski definition) is 2. The number of rotatable bonds is 7. The lowest BCUT2D eigenvalue weighted by atomic mass is 10.2. The fraction of sp³-hybridized carbons (Fsp3) is 0.571. The van der Waals surface area contributed by atoms with Gasteiger partial charge >= 0.3 is 0 Å². The molecular weight excluding hydrogens is 226 g/mol. The third-order valence-electron chi connectivity index (χ3n) is 2.65. The molecule has 0 radical (unpaired) electrons. The Labute approximate surface area is 110 Å². The largest absolute Gasteiger partial charge is 0.491 e. The van der Waals surface area contributed by atoms with E-state index in [2.05, 4.69) is 17.3 Å². The van der Waals surface area contributed by atoms with Gasteiger partial charge in [-0.3, -0.25) is 0 Å². The van der Waals surface area contributed by atoms with Crippen molar-refractivity contribution in [3.63, 3.8) is 0 Å². The van der Waals surface area contributed by atoms with E-state index in [0.29, 0.717) is 0 Å².